The Morgan fingerprint density at radius 2 is 1.89 bits per heavy atom. The summed E-state index contributed by atoms with van der Waals surface area (Å²) in [6, 6.07) is -1.57. The van der Waals surface area contributed by atoms with E-state index in [0.29, 0.717) is 6.42 Å². The number of carboxylic acid groups (broad SMARTS) is 1. The molecule has 0 bridgehead atoms. The SMILES string of the molecule is CCOC(=O)CN(C)C(=O)N[C@H](CC(C)C)C(=O)O. The van der Waals surface area contributed by atoms with E-state index in [-0.39, 0.29) is 19.1 Å². The zero-order valence-electron chi connectivity index (χ0n) is 11.8. The fraction of sp³-hybridized carbons (Fsp3) is 0.750. The smallest absolute Gasteiger partial charge is 0.326 e. The molecule has 0 aromatic carbocycles. The maximum Gasteiger partial charge on any atom is 0.326 e. The Kier molecular flexibility index (Phi) is 7.55. The number of hydrogen-bond acceptors (Lipinski definition) is 4. The van der Waals surface area contributed by atoms with Crippen LogP contribution >= 0.6 is 0 Å². The number of carbonyl (C=O) groups excluding carboxylic acids is 2. The van der Waals surface area contributed by atoms with Crippen LogP contribution in [0.2, 0.25) is 0 Å². The van der Waals surface area contributed by atoms with E-state index in [1.807, 2.05) is 13.8 Å². The molecule has 0 unspecified atom stereocenters. The lowest BCUT2D eigenvalue weighted by atomic mass is 10.0. The normalized spacial score (nSPS) is 11.8. The predicted octanol–water partition coefficient (Wildman–Crippen LogP) is 0.690. The summed E-state index contributed by atoms with van der Waals surface area (Å²) in [7, 11) is 1.40. The van der Waals surface area contributed by atoms with E-state index in [0.717, 1.165) is 4.90 Å². The maximum atomic E-state index is 11.7. The number of carboxylic acids is 1. The zero-order valence-corrected chi connectivity index (χ0v) is 11.8. The summed E-state index contributed by atoms with van der Waals surface area (Å²) >= 11 is 0. The number of aliphatic carboxylic acids is 1. The van der Waals surface area contributed by atoms with Crippen LogP contribution in [-0.2, 0) is 14.3 Å². The van der Waals surface area contributed by atoms with E-state index in [1.165, 1.54) is 7.05 Å². The van der Waals surface area contributed by atoms with Crippen LogP contribution in [0.3, 0.4) is 0 Å². The second-order valence-corrected chi connectivity index (χ2v) is 4.63. The Labute approximate surface area is 112 Å². The fourth-order valence-electron chi connectivity index (χ4n) is 1.42. The minimum atomic E-state index is -1.09. The summed E-state index contributed by atoms with van der Waals surface area (Å²) in [5, 5.41) is 11.4. The zero-order chi connectivity index (χ0) is 15.0. The van der Waals surface area contributed by atoms with Crippen molar-refractivity contribution in [1.29, 1.82) is 0 Å². The van der Waals surface area contributed by atoms with Crippen LogP contribution in [0.4, 0.5) is 4.79 Å². The van der Waals surface area contributed by atoms with E-state index in [2.05, 4.69) is 5.32 Å². The van der Waals surface area contributed by atoms with Crippen LogP contribution < -0.4 is 5.32 Å². The van der Waals surface area contributed by atoms with Crippen molar-refractivity contribution < 1.29 is 24.2 Å². The van der Waals surface area contributed by atoms with Gasteiger partial charge >= 0.3 is 18.0 Å². The van der Waals surface area contributed by atoms with E-state index in [1.54, 1.807) is 6.92 Å². The molecule has 0 rings (SSSR count). The Balaban J connectivity index is 4.39. The Bertz CT molecular complexity index is 330. The second-order valence-electron chi connectivity index (χ2n) is 4.63. The third kappa shape index (κ3) is 7.28. The van der Waals surface area contributed by atoms with Crippen molar-refractivity contribution in [3.63, 3.8) is 0 Å². The first-order chi connectivity index (χ1) is 8.77. The van der Waals surface area contributed by atoms with Gasteiger partial charge in [0.05, 0.1) is 6.61 Å². The molecule has 7 nitrogen and oxygen atoms in total. The van der Waals surface area contributed by atoms with Crippen molar-refractivity contribution in [3.05, 3.63) is 0 Å². The molecule has 0 radical (unpaired) electrons. The van der Waals surface area contributed by atoms with E-state index >= 15 is 0 Å². The number of urea groups is 1. The first kappa shape index (κ1) is 17.2. The summed E-state index contributed by atoms with van der Waals surface area (Å²) in [6.45, 7) is 5.42. The van der Waals surface area contributed by atoms with E-state index < -0.39 is 24.0 Å². The van der Waals surface area contributed by atoms with Crippen LogP contribution in [0.25, 0.3) is 0 Å². The van der Waals surface area contributed by atoms with Crippen molar-refractivity contribution in [2.24, 2.45) is 5.92 Å². The average Bonchev–Trinajstić information content (AvgIpc) is 2.27. The van der Waals surface area contributed by atoms with Crippen LogP contribution in [0.15, 0.2) is 0 Å². The number of amides is 2. The van der Waals surface area contributed by atoms with Gasteiger partial charge in [0.15, 0.2) is 0 Å². The van der Waals surface area contributed by atoms with E-state index in [9.17, 15) is 14.4 Å². The fourth-order valence-corrected chi connectivity index (χ4v) is 1.42. The Morgan fingerprint density at radius 1 is 1.32 bits per heavy atom. The third-order valence-corrected chi connectivity index (χ3v) is 2.32. The molecule has 110 valence electrons. The molecule has 0 spiro atoms. The summed E-state index contributed by atoms with van der Waals surface area (Å²) in [5.41, 5.74) is 0. The molecule has 1 atom stereocenters. The lowest BCUT2D eigenvalue weighted by Gasteiger charge is -2.21. The molecule has 0 aliphatic carbocycles. The largest absolute Gasteiger partial charge is 0.480 e. The van der Waals surface area contributed by atoms with Crippen LogP contribution in [0.5, 0.6) is 0 Å². The summed E-state index contributed by atoms with van der Waals surface area (Å²) in [6.07, 6.45) is 0.328. The molecule has 0 aliphatic heterocycles. The molecular weight excluding hydrogens is 252 g/mol. The summed E-state index contributed by atoms with van der Waals surface area (Å²) < 4.78 is 4.70. The molecule has 0 aromatic heterocycles. The Hall–Kier alpha value is -1.79. The van der Waals surface area contributed by atoms with Gasteiger partial charge in [-0.2, -0.15) is 0 Å². The van der Waals surface area contributed by atoms with Gasteiger partial charge in [-0.25, -0.2) is 9.59 Å². The number of nitrogens with one attached hydrogen (secondary N) is 1. The molecule has 19 heavy (non-hydrogen) atoms. The van der Waals surface area contributed by atoms with Crippen molar-refractivity contribution in [3.8, 4) is 0 Å². The molecule has 2 amide bonds. The molecule has 0 saturated heterocycles. The van der Waals surface area contributed by atoms with Crippen molar-refractivity contribution in [2.75, 3.05) is 20.2 Å². The van der Waals surface area contributed by atoms with Crippen LogP contribution in [0.1, 0.15) is 27.2 Å². The Morgan fingerprint density at radius 3 is 2.32 bits per heavy atom. The molecular formula is C12H22N2O5. The summed E-state index contributed by atoms with van der Waals surface area (Å²) in [5.74, 6) is -1.49. The summed E-state index contributed by atoms with van der Waals surface area (Å²) in [4.78, 5) is 35.0. The third-order valence-electron chi connectivity index (χ3n) is 2.32. The number of likely N-dealkylation sites (N-methyl/N-ethyl adjacent to an activating group) is 1. The van der Waals surface area contributed by atoms with Crippen LogP contribution in [-0.4, -0.2) is 54.2 Å². The molecule has 7 heteroatoms. The number of nitrogens with zero attached hydrogens (tertiary/aromatic N) is 1. The lowest BCUT2D eigenvalue weighted by Crippen LogP contribution is -2.48. The number of hydrogen-bond donors (Lipinski definition) is 2. The molecule has 2 N–H and O–H groups in total. The van der Waals surface area contributed by atoms with Gasteiger partial charge in [-0.1, -0.05) is 13.8 Å². The quantitative estimate of drug-likeness (QED) is 0.666. The molecule has 0 aromatic rings. The molecule has 0 heterocycles. The lowest BCUT2D eigenvalue weighted by molar-refractivity contribution is -0.143. The van der Waals surface area contributed by atoms with Gasteiger partial charge in [0.1, 0.15) is 12.6 Å². The average molecular weight is 274 g/mol. The minimum absolute atomic E-state index is 0.136. The van der Waals surface area contributed by atoms with Crippen molar-refractivity contribution >= 4 is 18.0 Å². The van der Waals surface area contributed by atoms with Gasteiger partial charge < -0.3 is 20.1 Å². The van der Waals surface area contributed by atoms with Gasteiger partial charge in [0.2, 0.25) is 0 Å². The molecule has 0 aliphatic rings. The van der Waals surface area contributed by atoms with Crippen LogP contribution in [0, 0.1) is 5.92 Å². The van der Waals surface area contributed by atoms with E-state index in [4.69, 9.17) is 9.84 Å². The highest BCUT2D eigenvalue weighted by Gasteiger charge is 2.23. The number of esters is 1. The highest BCUT2D eigenvalue weighted by Crippen LogP contribution is 2.05. The highest BCUT2D eigenvalue weighted by atomic mass is 16.5. The first-order valence-electron chi connectivity index (χ1n) is 6.18. The van der Waals surface area contributed by atoms with Gasteiger partial charge in [0, 0.05) is 7.05 Å². The number of rotatable bonds is 7. The van der Waals surface area contributed by atoms with Gasteiger partial charge in [-0.3, -0.25) is 4.79 Å². The topological polar surface area (TPSA) is 95.9 Å². The highest BCUT2D eigenvalue weighted by molar-refractivity contribution is 5.84. The van der Waals surface area contributed by atoms with Gasteiger partial charge in [0.25, 0.3) is 0 Å². The standard InChI is InChI=1S/C12H22N2O5/c1-5-19-10(15)7-14(4)12(18)13-9(11(16)17)6-8(2)3/h8-9H,5-7H2,1-4H3,(H,13,18)(H,16,17)/t9-/m1/s1. The predicted molar refractivity (Wildman–Crippen MR) is 68.7 cm³/mol. The maximum absolute atomic E-state index is 11.7. The number of carbonyl (C=O) groups is 3. The second kappa shape index (κ2) is 8.34. The minimum Gasteiger partial charge on any atom is -0.480 e. The number of ether oxygens (including phenoxy) is 1. The molecule has 0 saturated carbocycles. The van der Waals surface area contributed by atoms with Crippen molar-refractivity contribution in [1.82, 2.24) is 10.2 Å². The monoisotopic (exact) mass is 274 g/mol. The van der Waals surface area contributed by atoms with Gasteiger partial charge in [-0.05, 0) is 19.3 Å². The molecule has 0 fully saturated rings. The van der Waals surface area contributed by atoms with Gasteiger partial charge in [-0.15, -0.1) is 0 Å². The van der Waals surface area contributed by atoms with Crippen molar-refractivity contribution in [2.45, 2.75) is 33.2 Å². The first-order valence-corrected chi connectivity index (χ1v) is 6.18.